The number of hydrogen-bond donors (Lipinski definition) is 0. The van der Waals surface area contributed by atoms with Crippen LogP contribution in [0.5, 0.6) is 17.2 Å². The lowest BCUT2D eigenvalue weighted by atomic mass is 10.3. The van der Waals surface area contributed by atoms with Gasteiger partial charge in [-0.15, -0.1) is 6.58 Å². The number of hydrogen-bond acceptors (Lipinski definition) is 5. The summed E-state index contributed by atoms with van der Waals surface area (Å²) in [6.45, 7) is 8.62. The zero-order valence-corrected chi connectivity index (χ0v) is 15.7. The molecule has 0 unspecified atom stereocenters. The molecule has 2 aromatic carbocycles. The van der Waals surface area contributed by atoms with Crippen LogP contribution < -0.4 is 18.5 Å². The third-order valence-electron chi connectivity index (χ3n) is 3.89. The molecule has 0 fully saturated rings. The first-order valence-corrected chi connectivity index (χ1v) is 9.87. The van der Waals surface area contributed by atoms with Crippen molar-refractivity contribution >= 4 is 15.7 Å². The molecule has 1 aliphatic rings. The molecule has 0 spiro atoms. The predicted octanol–water partition coefficient (Wildman–Crippen LogP) is 3.40. The van der Waals surface area contributed by atoms with E-state index in [9.17, 15) is 8.42 Å². The van der Waals surface area contributed by atoms with E-state index >= 15 is 0 Å². The van der Waals surface area contributed by atoms with Gasteiger partial charge in [0.05, 0.1) is 17.1 Å². The molecule has 3 rings (SSSR count). The van der Waals surface area contributed by atoms with Gasteiger partial charge in [-0.2, -0.15) is 0 Å². The average Bonchev–Trinajstić information content (AvgIpc) is 2.70. The van der Waals surface area contributed by atoms with Crippen LogP contribution in [0.2, 0.25) is 0 Å². The standard InChI is InChI=1S/C20H21NO5S/c1-3-11-21(16-5-7-17(8-6-16)24-12-4-2)27(22,23)18-9-10-19-20(15-18)26-14-13-25-19/h3-10,15H,1-2,11-14H2. The summed E-state index contributed by atoms with van der Waals surface area (Å²) in [6, 6.07) is 11.4. The van der Waals surface area contributed by atoms with Gasteiger partial charge in [0.25, 0.3) is 10.0 Å². The van der Waals surface area contributed by atoms with Gasteiger partial charge in [-0.1, -0.05) is 18.7 Å². The summed E-state index contributed by atoms with van der Waals surface area (Å²) in [7, 11) is -3.81. The molecule has 0 atom stereocenters. The number of ether oxygens (including phenoxy) is 3. The Bertz CT molecular complexity index is 922. The van der Waals surface area contributed by atoms with E-state index < -0.39 is 10.0 Å². The molecule has 0 radical (unpaired) electrons. The Balaban J connectivity index is 1.93. The smallest absolute Gasteiger partial charge is 0.264 e. The first-order valence-electron chi connectivity index (χ1n) is 8.43. The number of benzene rings is 2. The Kier molecular flexibility index (Phi) is 5.71. The fourth-order valence-electron chi connectivity index (χ4n) is 2.63. The van der Waals surface area contributed by atoms with Crippen LogP contribution in [0.3, 0.4) is 0 Å². The summed E-state index contributed by atoms with van der Waals surface area (Å²) in [5, 5.41) is 0. The van der Waals surface area contributed by atoms with E-state index in [2.05, 4.69) is 13.2 Å². The van der Waals surface area contributed by atoms with E-state index in [0.29, 0.717) is 42.8 Å². The Morgan fingerprint density at radius 1 is 1.00 bits per heavy atom. The van der Waals surface area contributed by atoms with Crippen LogP contribution in [0.25, 0.3) is 0 Å². The van der Waals surface area contributed by atoms with E-state index in [-0.39, 0.29) is 11.4 Å². The van der Waals surface area contributed by atoms with Crippen molar-refractivity contribution in [2.24, 2.45) is 0 Å². The van der Waals surface area contributed by atoms with Gasteiger partial charge in [-0.05, 0) is 36.4 Å². The first-order chi connectivity index (χ1) is 13.1. The maximum absolute atomic E-state index is 13.2. The summed E-state index contributed by atoms with van der Waals surface area (Å²) in [5.41, 5.74) is 0.510. The Morgan fingerprint density at radius 3 is 2.37 bits per heavy atom. The number of sulfonamides is 1. The Labute approximate surface area is 159 Å². The molecule has 0 amide bonds. The zero-order chi connectivity index (χ0) is 19.3. The van der Waals surface area contributed by atoms with Crippen LogP contribution >= 0.6 is 0 Å². The highest BCUT2D eigenvalue weighted by molar-refractivity contribution is 7.92. The summed E-state index contributed by atoms with van der Waals surface area (Å²) in [5.74, 6) is 1.60. The van der Waals surface area contributed by atoms with Crippen molar-refractivity contribution in [3.05, 3.63) is 67.8 Å². The van der Waals surface area contributed by atoms with Gasteiger partial charge in [0.1, 0.15) is 25.6 Å². The van der Waals surface area contributed by atoms with Crippen LogP contribution in [-0.2, 0) is 10.0 Å². The van der Waals surface area contributed by atoms with Crippen molar-refractivity contribution in [3.8, 4) is 17.2 Å². The molecule has 0 bridgehead atoms. The van der Waals surface area contributed by atoms with Gasteiger partial charge < -0.3 is 14.2 Å². The van der Waals surface area contributed by atoms with Crippen molar-refractivity contribution < 1.29 is 22.6 Å². The Hall–Kier alpha value is -2.93. The lowest BCUT2D eigenvalue weighted by Crippen LogP contribution is -2.31. The molecule has 7 heteroatoms. The van der Waals surface area contributed by atoms with Crippen molar-refractivity contribution in [2.75, 3.05) is 30.7 Å². The summed E-state index contributed by atoms with van der Waals surface area (Å²) < 4.78 is 44.1. The highest BCUT2D eigenvalue weighted by Crippen LogP contribution is 2.34. The molecule has 142 valence electrons. The second kappa shape index (κ2) is 8.18. The van der Waals surface area contributed by atoms with Crippen molar-refractivity contribution in [3.63, 3.8) is 0 Å². The van der Waals surface area contributed by atoms with E-state index in [0.717, 1.165) is 0 Å². The minimum atomic E-state index is -3.81. The topological polar surface area (TPSA) is 65.1 Å². The molecule has 0 saturated carbocycles. The average molecular weight is 387 g/mol. The number of nitrogens with zero attached hydrogens (tertiary/aromatic N) is 1. The highest BCUT2D eigenvalue weighted by Gasteiger charge is 2.26. The monoisotopic (exact) mass is 387 g/mol. The quantitative estimate of drug-likeness (QED) is 0.650. The van der Waals surface area contributed by atoms with Crippen molar-refractivity contribution in [1.29, 1.82) is 0 Å². The number of fused-ring (bicyclic) bond motifs is 1. The van der Waals surface area contributed by atoms with Crippen LogP contribution in [0, 0.1) is 0 Å². The lowest BCUT2D eigenvalue weighted by molar-refractivity contribution is 0.171. The molecule has 0 aromatic heterocycles. The molecule has 6 nitrogen and oxygen atoms in total. The second-order valence-electron chi connectivity index (χ2n) is 5.72. The van der Waals surface area contributed by atoms with E-state index in [1.54, 1.807) is 36.4 Å². The van der Waals surface area contributed by atoms with E-state index in [1.807, 2.05) is 0 Å². The molecular formula is C20H21NO5S. The SMILES string of the molecule is C=CCOc1ccc(N(CC=C)S(=O)(=O)c2ccc3c(c2)OCCO3)cc1. The van der Waals surface area contributed by atoms with Gasteiger partial charge in [-0.25, -0.2) is 8.42 Å². The lowest BCUT2D eigenvalue weighted by Gasteiger charge is -2.25. The maximum Gasteiger partial charge on any atom is 0.264 e. The predicted molar refractivity (Wildman–Crippen MR) is 104 cm³/mol. The summed E-state index contributed by atoms with van der Waals surface area (Å²) in [6.07, 6.45) is 3.18. The highest BCUT2D eigenvalue weighted by atomic mass is 32.2. The maximum atomic E-state index is 13.2. The van der Waals surface area contributed by atoms with E-state index in [1.165, 1.54) is 22.5 Å². The normalized spacial score (nSPS) is 12.9. The fourth-order valence-corrected chi connectivity index (χ4v) is 4.09. The fraction of sp³-hybridized carbons (Fsp3) is 0.200. The minimum absolute atomic E-state index is 0.126. The molecule has 27 heavy (non-hydrogen) atoms. The van der Waals surface area contributed by atoms with E-state index in [4.69, 9.17) is 14.2 Å². The molecule has 0 saturated heterocycles. The van der Waals surface area contributed by atoms with Gasteiger partial charge in [0, 0.05) is 6.07 Å². The minimum Gasteiger partial charge on any atom is -0.490 e. The molecule has 2 aromatic rings. The van der Waals surface area contributed by atoms with Crippen LogP contribution in [0.4, 0.5) is 5.69 Å². The van der Waals surface area contributed by atoms with Gasteiger partial charge in [0.2, 0.25) is 0 Å². The molecular weight excluding hydrogens is 366 g/mol. The number of rotatable bonds is 8. The van der Waals surface area contributed by atoms with Crippen molar-refractivity contribution in [2.45, 2.75) is 4.90 Å². The molecule has 0 N–H and O–H groups in total. The first kappa shape index (κ1) is 18.8. The third-order valence-corrected chi connectivity index (χ3v) is 5.68. The second-order valence-corrected chi connectivity index (χ2v) is 7.59. The third kappa shape index (κ3) is 4.09. The zero-order valence-electron chi connectivity index (χ0n) is 14.8. The van der Waals surface area contributed by atoms with Crippen molar-refractivity contribution in [1.82, 2.24) is 0 Å². The van der Waals surface area contributed by atoms with Crippen LogP contribution in [0.15, 0.2) is 72.7 Å². The van der Waals surface area contributed by atoms with Gasteiger partial charge >= 0.3 is 0 Å². The van der Waals surface area contributed by atoms with Gasteiger partial charge in [0.15, 0.2) is 11.5 Å². The van der Waals surface area contributed by atoms with Gasteiger partial charge in [-0.3, -0.25) is 4.31 Å². The molecule has 0 aliphatic carbocycles. The summed E-state index contributed by atoms with van der Waals surface area (Å²) >= 11 is 0. The largest absolute Gasteiger partial charge is 0.490 e. The number of anilines is 1. The van der Waals surface area contributed by atoms with Crippen LogP contribution in [-0.4, -0.2) is 34.8 Å². The molecule has 1 heterocycles. The molecule has 1 aliphatic heterocycles. The summed E-state index contributed by atoms with van der Waals surface area (Å²) in [4.78, 5) is 0.126. The van der Waals surface area contributed by atoms with Crippen LogP contribution in [0.1, 0.15) is 0 Å². The Morgan fingerprint density at radius 2 is 1.70 bits per heavy atom.